The van der Waals surface area contributed by atoms with Crippen LogP contribution in [0.5, 0.6) is 0 Å². The van der Waals surface area contributed by atoms with Crippen LogP contribution >= 0.6 is 23.2 Å². The van der Waals surface area contributed by atoms with Gasteiger partial charge in [-0.1, -0.05) is 35.3 Å². The summed E-state index contributed by atoms with van der Waals surface area (Å²) in [5.74, 6) is -0.720. The second-order valence-electron chi connectivity index (χ2n) is 3.93. The van der Waals surface area contributed by atoms with Gasteiger partial charge in [0.25, 0.3) is 5.91 Å². The molecule has 1 aliphatic heterocycles. The molecule has 18 heavy (non-hydrogen) atoms. The molecule has 1 amide bonds. The van der Waals surface area contributed by atoms with Gasteiger partial charge in [0, 0.05) is 13.0 Å². The van der Waals surface area contributed by atoms with E-state index in [9.17, 15) is 18.0 Å². The van der Waals surface area contributed by atoms with Gasteiger partial charge in [0.15, 0.2) is 4.33 Å². The first kappa shape index (κ1) is 13.5. The highest BCUT2D eigenvalue weighted by molar-refractivity contribution is 6.59. The summed E-state index contributed by atoms with van der Waals surface area (Å²) in [5.41, 5.74) is -1.08. The molecule has 0 aromatic heterocycles. The van der Waals surface area contributed by atoms with Crippen LogP contribution in [-0.2, 0) is 11.0 Å². The predicted molar refractivity (Wildman–Crippen MR) is 62.9 cm³/mol. The van der Waals surface area contributed by atoms with Crippen molar-refractivity contribution in [2.75, 3.05) is 11.4 Å². The highest BCUT2D eigenvalue weighted by atomic mass is 35.5. The standard InChI is InChI=1S/C11H8Cl2F3NO/c12-10(13)5-6-17(9(10)18)8-4-2-1-3-7(8)11(14,15)16/h1-4H,5-6H2. The van der Waals surface area contributed by atoms with Crippen molar-refractivity contribution in [3.05, 3.63) is 29.8 Å². The molecular weight excluding hydrogens is 290 g/mol. The van der Waals surface area contributed by atoms with Crippen LogP contribution in [0.3, 0.4) is 0 Å². The average Bonchev–Trinajstić information content (AvgIpc) is 2.53. The predicted octanol–water partition coefficient (Wildman–Crippen LogP) is 3.62. The summed E-state index contributed by atoms with van der Waals surface area (Å²) in [6.45, 7) is 0.0684. The molecule has 2 rings (SSSR count). The second kappa shape index (κ2) is 4.31. The molecule has 1 fully saturated rings. The Bertz CT molecular complexity index is 487. The molecule has 7 heteroatoms. The Labute approximate surface area is 111 Å². The third-order valence-electron chi connectivity index (χ3n) is 2.71. The maximum atomic E-state index is 12.8. The number of hydrogen-bond donors (Lipinski definition) is 0. The van der Waals surface area contributed by atoms with Crippen molar-refractivity contribution in [3.8, 4) is 0 Å². The molecule has 1 aromatic carbocycles. The molecule has 0 spiro atoms. The number of halogens is 5. The zero-order valence-electron chi connectivity index (χ0n) is 8.97. The van der Waals surface area contributed by atoms with Gasteiger partial charge < -0.3 is 4.90 Å². The normalized spacial score (nSPS) is 19.4. The van der Waals surface area contributed by atoms with Crippen molar-refractivity contribution >= 4 is 34.8 Å². The van der Waals surface area contributed by atoms with E-state index in [1.807, 2.05) is 0 Å². The summed E-state index contributed by atoms with van der Waals surface area (Å²) in [7, 11) is 0. The molecule has 1 aromatic rings. The number of carbonyl (C=O) groups excluding carboxylic acids is 1. The molecule has 0 saturated carbocycles. The number of para-hydroxylation sites is 1. The monoisotopic (exact) mass is 297 g/mol. The van der Waals surface area contributed by atoms with Crippen LogP contribution in [0.25, 0.3) is 0 Å². The lowest BCUT2D eigenvalue weighted by Crippen LogP contribution is -2.33. The minimum atomic E-state index is -4.53. The number of carbonyl (C=O) groups is 1. The van der Waals surface area contributed by atoms with Gasteiger partial charge in [0.1, 0.15) is 0 Å². The van der Waals surface area contributed by atoms with E-state index in [4.69, 9.17) is 23.2 Å². The highest BCUT2D eigenvalue weighted by Crippen LogP contribution is 2.41. The number of alkyl halides is 5. The SMILES string of the molecule is O=C1N(c2ccccc2C(F)(F)F)CCC1(Cl)Cl. The van der Waals surface area contributed by atoms with E-state index in [1.165, 1.54) is 18.2 Å². The number of anilines is 1. The van der Waals surface area contributed by atoms with E-state index in [-0.39, 0.29) is 18.7 Å². The van der Waals surface area contributed by atoms with E-state index < -0.39 is 22.0 Å². The zero-order chi connectivity index (χ0) is 13.6. The van der Waals surface area contributed by atoms with E-state index in [0.29, 0.717) is 0 Å². The fourth-order valence-electron chi connectivity index (χ4n) is 1.84. The van der Waals surface area contributed by atoms with Gasteiger partial charge >= 0.3 is 6.18 Å². The first-order valence-corrected chi connectivity index (χ1v) is 5.85. The Hall–Kier alpha value is -0.940. The van der Waals surface area contributed by atoms with E-state index >= 15 is 0 Å². The van der Waals surface area contributed by atoms with E-state index in [1.54, 1.807) is 0 Å². The second-order valence-corrected chi connectivity index (χ2v) is 5.41. The Morgan fingerprint density at radius 3 is 2.33 bits per heavy atom. The van der Waals surface area contributed by atoms with E-state index in [0.717, 1.165) is 11.0 Å². The summed E-state index contributed by atoms with van der Waals surface area (Å²) >= 11 is 11.4. The first-order valence-electron chi connectivity index (χ1n) is 5.09. The molecule has 0 aliphatic carbocycles. The molecule has 0 bridgehead atoms. The van der Waals surface area contributed by atoms with Gasteiger partial charge in [-0.2, -0.15) is 13.2 Å². The van der Waals surface area contributed by atoms with Gasteiger partial charge in [-0.05, 0) is 12.1 Å². The highest BCUT2D eigenvalue weighted by Gasteiger charge is 2.46. The van der Waals surface area contributed by atoms with Crippen LogP contribution < -0.4 is 4.90 Å². The molecule has 2 nitrogen and oxygen atoms in total. The van der Waals surface area contributed by atoms with Gasteiger partial charge in [-0.3, -0.25) is 4.79 Å². The topological polar surface area (TPSA) is 20.3 Å². The van der Waals surface area contributed by atoms with Crippen LogP contribution in [0.4, 0.5) is 18.9 Å². The summed E-state index contributed by atoms with van der Waals surface area (Å²) < 4.78 is 36.8. The van der Waals surface area contributed by atoms with Crippen molar-refractivity contribution in [3.63, 3.8) is 0 Å². The summed E-state index contributed by atoms with van der Waals surface area (Å²) in [6, 6.07) is 4.85. The lowest BCUT2D eigenvalue weighted by Gasteiger charge is -2.21. The summed E-state index contributed by atoms with van der Waals surface area (Å²) in [4.78, 5) is 12.8. The minimum absolute atomic E-state index is 0.0684. The molecule has 1 aliphatic rings. The van der Waals surface area contributed by atoms with Crippen LogP contribution in [-0.4, -0.2) is 16.8 Å². The molecule has 0 radical (unpaired) electrons. The number of amides is 1. The molecular formula is C11H8Cl2F3NO. The van der Waals surface area contributed by atoms with Crippen molar-refractivity contribution in [1.29, 1.82) is 0 Å². The fourth-order valence-corrected chi connectivity index (χ4v) is 2.21. The van der Waals surface area contributed by atoms with E-state index in [2.05, 4.69) is 0 Å². The van der Waals surface area contributed by atoms with Gasteiger partial charge in [0.05, 0.1) is 11.3 Å². The van der Waals surface area contributed by atoms with Crippen molar-refractivity contribution in [1.82, 2.24) is 0 Å². The number of nitrogens with zero attached hydrogens (tertiary/aromatic N) is 1. The van der Waals surface area contributed by atoms with Crippen molar-refractivity contribution < 1.29 is 18.0 Å². The van der Waals surface area contributed by atoms with Crippen LogP contribution in [0, 0.1) is 0 Å². The molecule has 0 atom stereocenters. The lowest BCUT2D eigenvalue weighted by atomic mass is 10.1. The first-order chi connectivity index (χ1) is 8.23. The van der Waals surface area contributed by atoms with Crippen LogP contribution in [0.1, 0.15) is 12.0 Å². The van der Waals surface area contributed by atoms with Crippen LogP contribution in [0.15, 0.2) is 24.3 Å². The number of rotatable bonds is 1. The summed E-state index contributed by atoms with van der Waals surface area (Å²) in [6.07, 6.45) is -4.43. The number of hydrogen-bond acceptors (Lipinski definition) is 1. The Morgan fingerprint density at radius 1 is 1.22 bits per heavy atom. The largest absolute Gasteiger partial charge is 0.418 e. The molecule has 98 valence electrons. The average molecular weight is 298 g/mol. The Morgan fingerprint density at radius 2 is 1.83 bits per heavy atom. The maximum absolute atomic E-state index is 12.8. The maximum Gasteiger partial charge on any atom is 0.418 e. The fraction of sp³-hybridized carbons (Fsp3) is 0.364. The molecule has 1 saturated heterocycles. The summed E-state index contributed by atoms with van der Waals surface area (Å²) in [5, 5.41) is 0. The molecule has 1 heterocycles. The van der Waals surface area contributed by atoms with Gasteiger partial charge in [0.2, 0.25) is 0 Å². The quantitative estimate of drug-likeness (QED) is 0.725. The third-order valence-corrected chi connectivity index (χ3v) is 3.41. The Kier molecular flexibility index (Phi) is 3.23. The molecule has 0 unspecified atom stereocenters. The molecule has 0 N–H and O–H groups in total. The van der Waals surface area contributed by atoms with Crippen molar-refractivity contribution in [2.24, 2.45) is 0 Å². The van der Waals surface area contributed by atoms with Crippen molar-refractivity contribution in [2.45, 2.75) is 16.9 Å². The van der Waals surface area contributed by atoms with Gasteiger partial charge in [-0.25, -0.2) is 0 Å². The number of benzene rings is 1. The zero-order valence-corrected chi connectivity index (χ0v) is 10.5. The van der Waals surface area contributed by atoms with Crippen LogP contribution in [0.2, 0.25) is 0 Å². The minimum Gasteiger partial charge on any atom is -0.309 e. The lowest BCUT2D eigenvalue weighted by molar-refractivity contribution is -0.137. The van der Waals surface area contributed by atoms with Gasteiger partial charge in [-0.15, -0.1) is 0 Å². The Balaban J connectivity index is 2.45. The third kappa shape index (κ3) is 2.29. The smallest absolute Gasteiger partial charge is 0.309 e.